The molecule has 4 rings (SSSR count). The molecule has 34 heavy (non-hydrogen) atoms. The maximum atomic E-state index is 13.3. The summed E-state index contributed by atoms with van der Waals surface area (Å²) in [6.45, 7) is 0.691. The molecule has 0 unspecified atom stereocenters. The van der Waals surface area contributed by atoms with Gasteiger partial charge in [0.1, 0.15) is 23.5 Å². The van der Waals surface area contributed by atoms with Crippen LogP contribution in [0.5, 0.6) is 0 Å². The lowest BCUT2D eigenvalue weighted by atomic mass is 9.99. The minimum atomic E-state index is -1.21. The molecule has 2 amide bonds. The van der Waals surface area contributed by atoms with Crippen LogP contribution in [0, 0.1) is 12.7 Å². The zero-order valence-corrected chi connectivity index (χ0v) is 17.9. The van der Waals surface area contributed by atoms with Gasteiger partial charge >= 0.3 is 11.6 Å². The average molecular weight is 466 g/mol. The SMILES string of the molecule is Cc1c(CC(=O)NCC(=O)NCC(=O)O)c(=O)oc2cc3occ(-c4ccc(F)cc4)c3cc12. The number of hydrogen-bond donors (Lipinski definition) is 3. The second-order valence-electron chi connectivity index (χ2n) is 7.62. The number of carbonyl (C=O) groups excluding carboxylic acids is 2. The third-order valence-corrected chi connectivity index (χ3v) is 5.36. The Hall–Kier alpha value is -4.47. The second kappa shape index (κ2) is 9.18. The maximum Gasteiger partial charge on any atom is 0.340 e. The summed E-state index contributed by atoms with van der Waals surface area (Å²) in [6.07, 6.45) is 1.21. The van der Waals surface area contributed by atoms with Crippen LogP contribution in [0.15, 0.2) is 56.3 Å². The minimum absolute atomic E-state index is 0.127. The van der Waals surface area contributed by atoms with E-state index in [-0.39, 0.29) is 23.4 Å². The van der Waals surface area contributed by atoms with E-state index in [0.717, 1.165) is 16.5 Å². The maximum absolute atomic E-state index is 13.3. The Balaban J connectivity index is 1.62. The van der Waals surface area contributed by atoms with E-state index in [2.05, 4.69) is 10.6 Å². The molecular weight excluding hydrogens is 447 g/mol. The fourth-order valence-electron chi connectivity index (χ4n) is 3.61. The summed E-state index contributed by atoms with van der Waals surface area (Å²) in [5.74, 6) is -2.84. The number of amides is 2. The minimum Gasteiger partial charge on any atom is -0.480 e. The Morgan fingerprint density at radius 2 is 1.68 bits per heavy atom. The van der Waals surface area contributed by atoms with E-state index >= 15 is 0 Å². The lowest BCUT2D eigenvalue weighted by Gasteiger charge is -2.09. The first-order valence-corrected chi connectivity index (χ1v) is 10.2. The van der Waals surface area contributed by atoms with Crippen LogP contribution in [-0.2, 0) is 20.8 Å². The summed E-state index contributed by atoms with van der Waals surface area (Å²) in [5.41, 5.74) is 2.20. The van der Waals surface area contributed by atoms with Crippen molar-refractivity contribution in [2.45, 2.75) is 13.3 Å². The van der Waals surface area contributed by atoms with Crippen molar-refractivity contribution < 1.29 is 32.7 Å². The van der Waals surface area contributed by atoms with Crippen LogP contribution in [-0.4, -0.2) is 36.0 Å². The number of furan rings is 1. The monoisotopic (exact) mass is 466 g/mol. The Labute approximate surface area is 191 Å². The Morgan fingerprint density at radius 3 is 2.38 bits per heavy atom. The smallest absolute Gasteiger partial charge is 0.340 e. The van der Waals surface area contributed by atoms with Crippen LogP contribution in [0.3, 0.4) is 0 Å². The number of benzene rings is 2. The molecule has 0 fully saturated rings. The van der Waals surface area contributed by atoms with Crippen molar-refractivity contribution in [2.24, 2.45) is 0 Å². The third kappa shape index (κ3) is 4.65. The number of hydrogen-bond acceptors (Lipinski definition) is 6. The molecule has 9 nitrogen and oxygen atoms in total. The van der Waals surface area contributed by atoms with Crippen molar-refractivity contribution in [2.75, 3.05) is 13.1 Å². The molecule has 3 N–H and O–H groups in total. The Morgan fingerprint density at radius 1 is 0.971 bits per heavy atom. The van der Waals surface area contributed by atoms with Crippen molar-refractivity contribution in [1.82, 2.24) is 10.6 Å². The first kappa shape index (κ1) is 22.7. The zero-order chi connectivity index (χ0) is 24.4. The van der Waals surface area contributed by atoms with Crippen molar-refractivity contribution in [3.05, 3.63) is 70.0 Å². The lowest BCUT2D eigenvalue weighted by molar-refractivity contribution is -0.137. The van der Waals surface area contributed by atoms with Gasteiger partial charge < -0.3 is 24.6 Å². The predicted molar refractivity (Wildman–Crippen MR) is 120 cm³/mol. The number of aryl methyl sites for hydroxylation is 1. The van der Waals surface area contributed by atoms with Gasteiger partial charge in [0.05, 0.1) is 24.8 Å². The summed E-state index contributed by atoms with van der Waals surface area (Å²) >= 11 is 0. The van der Waals surface area contributed by atoms with Crippen LogP contribution in [0.4, 0.5) is 4.39 Å². The fourth-order valence-corrected chi connectivity index (χ4v) is 3.61. The summed E-state index contributed by atoms with van der Waals surface area (Å²) in [5, 5.41) is 14.3. The highest BCUT2D eigenvalue weighted by Crippen LogP contribution is 2.34. The van der Waals surface area contributed by atoms with E-state index in [1.807, 2.05) is 0 Å². The Kier molecular flexibility index (Phi) is 6.13. The zero-order valence-electron chi connectivity index (χ0n) is 17.9. The van der Waals surface area contributed by atoms with Crippen molar-refractivity contribution >= 4 is 39.7 Å². The largest absolute Gasteiger partial charge is 0.480 e. The molecule has 0 radical (unpaired) electrons. The molecule has 0 aliphatic carbocycles. The third-order valence-electron chi connectivity index (χ3n) is 5.36. The molecule has 0 atom stereocenters. The van der Waals surface area contributed by atoms with Gasteiger partial charge in [0, 0.05) is 22.4 Å². The topological polar surface area (TPSA) is 139 Å². The van der Waals surface area contributed by atoms with Crippen LogP contribution < -0.4 is 16.3 Å². The highest BCUT2D eigenvalue weighted by Gasteiger charge is 2.18. The molecule has 0 bridgehead atoms. The van der Waals surface area contributed by atoms with Gasteiger partial charge in [-0.25, -0.2) is 9.18 Å². The highest BCUT2D eigenvalue weighted by molar-refractivity contribution is 6.02. The molecule has 2 heterocycles. The predicted octanol–water partition coefficient (Wildman–Crippen LogP) is 2.51. The van der Waals surface area contributed by atoms with E-state index in [1.54, 1.807) is 31.2 Å². The molecule has 0 saturated heterocycles. The normalized spacial score (nSPS) is 11.0. The molecule has 4 aromatic rings. The van der Waals surface area contributed by atoms with Gasteiger partial charge in [-0.2, -0.15) is 0 Å². The first-order valence-electron chi connectivity index (χ1n) is 10.2. The van der Waals surface area contributed by atoms with Gasteiger partial charge in [0.2, 0.25) is 11.8 Å². The number of carbonyl (C=O) groups is 3. The number of fused-ring (bicyclic) bond motifs is 2. The number of nitrogens with one attached hydrogen (secondary N) is 2. The van der Waals surface area contributed by atoms with Crippen molar-refractivity contribution in [3.63, 3.8) is 0 Å². The molecule has 0 aliphatic rings. The van der Waals surface area contributed by atoms with Crippen LogP contribution in [0.25, 0.3) is 33.1 Å². The Bertz CT molecular complexity index is 1490. The van der Waals surface area contributed by atoms with Crippen LogP contribution in [0.1, 0.15) is 11.1 Å². The molecule has 0 saturated carbocycles. The first-order chi connectivity index (χ1) is 16.2. The van der Waals surface area contributed by atoms with Gasteiger partial charge in [-0.05, 0) is 36.2 Å². The summed E-state index contributed by atoms with van der Waals surface area (Å²) in [6, 6.07) is 9.32. The molecule has 174 valence electrons. The van der Waals surface area contributed by atoms with Gasteiger partial charge in [0.15, 0.2) is 0 Å². The standard InChI is InChI=1S/C24H19FN2O7/c1-12-15-6-17-18(13-2-4-14(25)5-3-13)11-33-19(17)8-20(15)34-24(32)16(12)7-21(28)26-9-22(29)27-10-23(30)31/h2-6,8,11H,7,9-10H2,1H3,(H,26,28)(H,27,29)(H,30,31). The molecule has 2 aromatic heterocycles. The van der Waals surface area contributed by atoms with E-state index in [4.69, 9.17) is 13.9 Å². The van der Waals surface area contributed by atoms with E-state index in [9.17, 15) is 23.6 Å². The van der Waals surface area contributed by atoms with Crippen LogP contribution in [0.2, 0.25) is 0 Å². The number of carboxylic acid groups (broad SMARTS) is 1. The molecule has 10 heteroatoms. The van der Waals surface area contributed by atoms with E-state index in [0.29, 0.717) is 16.5 Å². The van der Waals surface area contributed by atoms with Crippen molar-refractivity contribution in [3.8, 4) is 11.1 Å². The summed E-state index contributed by atoms with van der Waals surface area (Å²) in [4.78, 5) is 46.9. The second-order valence-corrected chi connectivity index (χ2v) is 7.62. The van der Waals surface area contributed by atoms with Gasteiger partial charge in [0.25, 0.3) is 0 Å². The summed E-state index contributed by atoms with van der Waals surface area (Å²) in [7, 11) is 0. The van der Waals surface area contributed by atoms with Gasteiger partial charge in [-0.1, -0.05) is 12.1 Å². The average Bonchev–Trinajstić information content (AvgIpc) is 3.21. The van der Waals surface area contributed by atoms with Crippen molar-refractivity contribution in [1.29, 1.82) is 0 Å². The molecular formula is C24H19FN2O7. The van der Waals surface area contributed by atoms with Gasteiger partial charge in [-0.3, -0.25) is 14.4 Å². The molecule has 0 aliphatic heterocycles. The molecule has 0 spiro atoms. The highest BCUT2D eigenvalue weighted by atomic mass is 19.1. The van der Waals surface area contributed by atoms with Gasteiger partial charge in [-0.15, -0.1) is 0 Å². The van der Waals surface area contributed by atoms with E-state index in [1.165, 1.54) is 18.4 Å². The lowest BCUT2D eigenvalue weighted by Crippen LogP contribution is -2.39. The fraction of sp³-hybridized carbons (Fsp3) is 0.167. The number of rotatable bonds is 7. The quantitative estimate of drug-likeness (QED) is 0.356. The van der Waals surface area contributed by atoms with E-state index < -0.39 is 36.5 Å². The summed E-state index contributed by atoms with van der Waals surface area (Å²) < 4.78 is 24.3. The van der Waals surface area contributed by atoms with Crippen LogP contribution >= 0.6 is 0 Å². The number of halogens is 1. The molecule has 2 aromatic carbocycles. The number of aliphatic carboxylic acids is 1. The number of carboxylic acids is 1.